The summed E-state index contributed by atoms with van der Waals surface area (Å²) in [6.45, 7) is 0. The van der Waals surface area contributed by atoms with Gasteiger partial charge in [-0.1, -0.05) is 194 Å². The van der Waals surface area contributed by atoms with E-state index in [1.165, 1.54) is 16.3 Å². The molecule has 3 heterocycles. The molecule has 0 saturated carbocycles. The second-order valence-corrected chi connectivity index (χ2v) is 14.9. The fourth-order valence-corrected chi connectivity index (χ4v) is 8.05. The van der Waals surface area contributed by atoms with E-state index in [9.17, 15) is 0 Å². The number of benzene rings is 8. The van der Waals surface area contributed by atoms with Crippen LogP contribution in [-0.4, -0.2) is 29.5 Å². The number of para-hydroxylation sites is 2. The van der Waals surface area contributed by atoms with E-state index in [0.29, 0.717) is 23.3 Å². The first-order valence-electron chi connectivity index (χ1n) is 20.3. The summed E-state index contributed by atoms with van der Waals surface area (Å²) in [4.78, 5) is 25.3. The summed E-state index contributed by atoms with van der Waals surface area (Å²) in [5, 5.41) is 2.38. The highest BCUT2D eigenvalue weighted by molar-refractivity contribution is 6.09. The lowest BCUT2D eigenvalue weighted by Crippen LogP contribution is -2.02. The van der Waals surface area contributed by atoms with Gasteiger partial charge in [-0.25, -0.2) is 24.9 Å². The standard InChI is InChI=1S/C55H36N6/c1-4-15-37(16-5-1)38-29-33-43(34-30-38)54-58-53(42-19-8-3-9-20-42)59-55(60-54)45-22-14-21-44(35-45)39-27-31-40(32-28-39)48-36-51(57-52(56-48)41-17-6-2-7-18-41)61-49-25-12-10-23-46(49)47-24-11-13-26-50(47)61/h1-36H. The molecule has 0 aliphatic rings. The smallest absolute Gasteiger partial charge is 0.164 e. The summed E-state index contributed by atoms with van der Waals surface area (Å²) in [5.74, 6) is 3.35. The van der Waals surface area contributed by atoms with E-state index < -0.39 is 0 Å². The molecule has 3 aromatic heterocycles. The summed E-state index contributed by atoms with van der Waals surface area (Å²) in [6.07, 6.45) is 0. The van der Waals surface area contributed by atoms with Gasteiger partial charge in [0, 0.05) is 44.7 Å². The maximum absolute atomic E-state index is 5.18. The van der Waals surface area contributed by atoms with Crippen molar-refractivity contribution >= 4 is 21.8 Å². The minimum absolute atomic E-state index is 0.612. The Morgan fingerprint density at radius 3 is 1.20 bits per heavy atom. The van der Waals surface area contributed by atoms with Gasteiger partial charge in [0.2, 0.25) is 0 Å². The second kappa shape index (κ2) is 15.4. The molecule has 0 aliphatic heterocycles. The van der Waals surface area contributed by atoms with Crippen LogP contribution in [-0.2, 0) is 0 Å². The lowest BCUT2D eigenvalue weighted by Gasteiger charge is -2.12. The van der Waals surface area contributed by atoms with Crippen LogP contribution >= 0.6 is 0 Å². The third-order valence-corrected chi connectivity index (χ3v) is 11.1. The molecule has 8 aromatic carbocycles. The fourth-order valence-electron chi connectivity index (χ4n) is 8.05. The van der Waals surface area contributed by atoms with E-state index in [0.717, 1.165) is 67.1 Å². The lowest BCUT2D eigenvalue weighted by atomic mass is 10.0. The number of rotatable bonds is 8. The van der Waals surface area contributed by atoms with Crippen molar-refractivity contribution in [1.29, 1.82) is 0 Å². The summed E-state index contributed by atoms with van der Waals surface area (Å²) in [7, 11) is 0. The van der Waals surface area contributed by atoms with Crippen LogP contribution in [0.3, 0.4) is 0 Å². The van der Waals surface area contributed by atoms with Gasteiger partial charge in [-0.2, -0.15) is 0 Å². The summed E-state index contributed by atoms with van der Waals surface area (Å²) in [6, 6.07) is 75.2. The zero-order valence-electron chi connectivity index (χ0n) is 33.0. The maximum Gasteiger partial charge on any atom is 0.164 e. The summed E-state index contributed by atoms with van der Waals surface area (Å²) < 4.78 is 2.25. The fraction of sp³-hybridized carbons (Fsp3) is 0. The average Bonchev–Trinajstić information content (AvgIpc) is 3.69. The minimum atomic E-state index is 0.612. The van der Waals surface area contributed by atoms with Crippen molar-refractivity contribution in [2.24, 2.45) is 0 Å². The van der Waals surface area contributed by atoms with Gasteiger partial charge in [-0.15, -0.1) is 0 Å². The van der Waals surface area contributed by atoms with Gasteiger partial charge in [-0.3, -0.25) is 4.57 Å². The van der Waals surface area contributed by atoms with Crippen molar-refractivity contribution in [3.05, 3.63) is 218 Å². The molecule has 0 spiro atoms. The van der Waals surface area contributed by atoms with E-state index in [1.807, 2.05) is 54.6 Å². The van der Waals surface area contributed by atoms with Gasteiger partial charge in [0.05, 0.1) is 16.7 Å². The SMILES string of the molecule is c1ccc(-c2ccc(-c3nc(-c4ccccc4)nc(-c4cccc(-c5ccc(-c6cc(-n7c8ccccc8c8ccccc87)nc(-c7ccccc7)n6)cc5)c4)n3)cc2)cc1. The molecule has 0 N–H and O–H groups in total. The van der Waals surface area contributed by atoms with Crippen LogP contribution in [0.15, 0.2) is 218 Å². The Labute approximate surface area is 353 Å². The Morgan fingerprint density at radius 2 is 0.623 bits per heavy atom. The molecule has 11 aromatic rings. The Bertz CT molecular complexity index is 3270. The largest absolute Gasteiger partial charge is 0.294 e. The molecule has 6 nitrogen and oxygen atoms in total. The molecule has 61 heavy (non-hydrogen) atoms. The number of hydrogen-bond donors (Lipinski definition) is 0. The number of aromatic nitrogens is 6. The van der Waals surface area contributed by atoms with Crippen LogP contribution in [0.25, 0.3) is 107 Å². The molecule has 0 atom stereocenters. The van der Waals surface area contributed by atoms with Gasteiger partial charge in [0.1, 0.15) is 5.82 Å². The molecular formula is C55H36N6. The van der Waals surface area contributed by atoms with Gasteiger partial charge in [0.25, 0.3) is 0 Å². The molecular weight excluding hydrogens is 745 g/mol. The predicted molar refractivity (Wildman–Crippen MR) is 248 cm³/mol. The van der Waals surface area contributed by atoms with Gasteiger partial charge in [-0.05, 0) is 40.5 Å². The minimum Gasteiger partial charge on any atom is -0.294 e. The molecule has 0 amide bonds. The molecule has 0 bridgehead atoms. The number of nitrogens with zero attached hydrogens (tertiary/aromatic N) is 6. The first-order chi connectivity index (χ1) is 30.2. The third kappa shape index (κ3) is 6.92. The third-order valence-electron chi connectivity index (χ3n) is 11.1. The zero-order chi connectivity index (χ0) is 40.5. The first-order valence-corrected chi connectivity index (χ1v) is 20.3. The first kappa shape index (κ1) is 35.8. The van der Waals surface area contributed by atoms with Crippen molar-refractivity contribution in [3.63, 3.8) is 0 Å². The molecule has 0 aliphatic carbocycles. The van der Waals surface area contributed by atoms with Crippen molar-refractivity contribution in [1.82, 2.24) is 29.5 Å². The van der Waals surface area contributed by atoms with Crippen LogP contribution in [0.1, 0.15) is 0 Å². The summed E-state index contributed by atoms with van der Waals surface area (Å²) >= 11 is 0. The van der Waals surface area contributed by atoms with E-state index in [4.69, 9.17) is 24.9 Å². The van der Waals surface area contributed by atoms with E-state index in [1.54, 1.807) is 0 Å². The normalized spacial score (nSPS) is 11.3. The molecule has 286 valence electrons. The van der Waals surface area contributed by atoms with Crippen molar-refractivity contribution in [2.75, 3.05) is 0 Å². The second-order valence-electron chi connectivity index (χ2n) is 14.9. The van der Waals surface area contributed by atoms with Gasteiger partial charge >= 0.3 is 0 Å². The zero-order valence-corrected chi connectivity index (χ0v) is 33.0. The van der Waals surface area contributed by atoms with E-state index in [2.05, 4.69) is 168 Å². The predicted octanol–water partition coefficient (Wildman–Crippen LogP) is 13.4. The molecule has 0 radical (unpaired) electrons. The Morgan fingerprint density at radius 1 is 0.246 bits per heavy atom. The highest BCUT2D eigenvalue weighted by Gasteiger charge is 2.17. The van der Waals surface area contributed by atoms with Crippen LogP contribution in [0, 0.1) is 0 Å². The van der Waals surface area contributed by atoms with Crippen LogP contribution in [0.5, 0.6) is 0 Å². The highest BCUT2D eigenvalue weighted by atomic mass is 15.1. The van der Waals surface area contributed by atoms with Crippen molar-refractivity contribution in [2.45, 2.75) is 0 Å². The van der Waals surface area contributed by atoms with Crippen LogP contribution < -0.4 is 0 Å². The molecule has 11 rings (SSSR count). The summed E-state index contributed by atoms with van der Waals surface area (Å²) in [5.41, 5.74) is 12.2. The Hall–Kier alpha value is -8.35. The van der Waals surface area contributed by atoms with Crippen LogP contribution in [0.2, 0.25) is 0 Å². The topological polar surface area (TPSA) is 69.4 Å². The molecule has 0 fully saturated rings. The highest BCUT2D eigenvalue weighted by Crippen LogP contribution is 2.35. The van der Waals surface area contributed by atoms with Crippen molar-refractivity contribution in [3.8, 4) is 84.9 Å². The van der Waals surface area contributed by atoms with Gasteiger partial charge in [0.15, 0.2) is 23.3 Å². The quantitative estimate of drug-likeness (QED) is 0.154. The molecule has 0 saturated heterocycles. The molecule has 0 unspecified atom stereocenters. The van der Waals surface area contributed by atoms with Crippen molar-refractivity contribution < 1.29 is 0 Å². The monoisotopic (exact) mass is 780 g/mol. The Balaban J connectivity index is 0.966. The van der Waals surface area contributed by atoms with E-state index >= 15 is 0 Å². The van der Waals surface area contributed by atoms with Crippen LogP contribution in [0.4, 0.5) is 0 Å². The molecule has 6 heteroatoms. The Kier molecular flexibility index (Phi) is 9.06. The number of fused-ring (bicyclic) bond motifs is 3. The number of hydrogen-bond acceptors (Lipinski definition) is 5. The van der Waals surface area contributed by atoms with E-state index in [-0.39, 0.29) is 0 Å². The average molecular weight is 781 g/mol. The lowest BCUT2D eigenvalue weighted by molar-refractivity contribution is 1.05. The van der Waals surface area contributed by atoms with Gasteiger partial charge < -0.3 is 0 Å². The maximum atomic E-state index is 5.18.